The second kappa shape index (κ2) is 9.87. The van der Waals surface area contributed by atoms with Gasteiger partial charge in [-0.1, -0.05) is 18.2 Å². The predicted molar refractivity (Wildman–Crippen MR) is 138 cm³/mol. The molecule has 1 aromatic heterocycles. The second-order valence-corrected chi connectivity index (χ2v) is 8.43. The molecule has 1 aliphatic carbocycles. The summed E-state index contributed by atoms with van der Waals surface area (Å²) in [5.74, 6) is 0.877. The Hall–Kier alpha value is -4.73. The van der Waals surface area contributed by atoms with Crippen molar-refractivity contribution in [2.45, 2.75) is 25.3 Å². The molecule has 0 unspecified atom stereocenters. The molecule has 1 heterocycles. The number of carbonyl (C=O) groups is 1. The van der Waals surface area contributed by atoms with Gasteiger partial charge >= 0.3 is 0 Å². The average molecular weight is 485 g/mol. The van der Waals surface area contributed by atoms with E-state index in [1.54, 1.807) is 36.4 Å². The van der Waals surface area contributed by atoms with Gasteiger partial charge in [0.2, 0.25) is 5.95 Å². The van der Waals surface area contributed by atoms with Gasteiger partial charge in [0.1, 0.15) is 22.9 Å². The van der Waals surface area contributed by atoms with Gasteiger partial charge in [-0.15, -0.1) is 0 Å². The standard InChI is InChI=1S/C26H24N6O4/c1-36-19-14-15(25(35)29-17-8-5-9-17)10-11-18(19)30-26-27-13-12-20(32-26)31-22-21(23(33)24(22)34)28-16-6-3-2-4-7-16/h2-4,6-7,10-14,17,28H,5,8-9H2,1H3,(H,29,35)(H2,27,30,31,32). The van der Waals surface area contributed by atoms with Crippen molar-refractivity contribution in [2.75, 3.05) is 23.1 Å². The van der Waals surface area contributed by atoms with E-state index in [9.17, 15) is 14.4 Å². The fraction of sp³-hybridized carbons (Fsp3) is 0.192. The Morgan fingerprint density at radius 2 is 1.69 bits per heavy atom. The van der Waals surface area contributed by atoms with E-state index in [0.29, 0.717) is 28.5 Å². The summed E-state index contributed by atoms with van der Waals surface area (Å²) in [6.07, 6.45) is 4.66. The predicted octanol–water partition coefficient (Wildman–Crippen LogP) is 3.59. The van der Waals surface area contributed by atoms with E-state index in [4.69, 9.17) is 4.74 Å². The SMILES string of the molecule is COc1cc(C(=O)NC2CCC2)ccc1Nc1nccc(Nc2c(Nc3ccccc3)c(=O)c2=O)n1. The van der Waals surface area contributed by atoms with Crippen LogP contribution < -0.4 is 36.9 Å². The molecule has 10 heteroatoms. The summed E-state index contributed by atoms with van der Waals surface area (Å²) in [5.41, 5.74) is 0.841. The van der Waals surface area contributed by atoms with Crippen LogP contribution in [0, 0.1) is 0 Å². The third-order valence-corrected chi connectivity index (χ3v) is 6.01. The molecule has 5 rings (SSSR count). The fourth-order valence-corrected chi connectivity index (χ4v) is 3.79. The molecule has 182 valence electrons. The van der Waals surface area contributed by atoms with Crippen LogP contribution in [0.3, 0.4) is 0 Å². The zero-order valence-electron chi connectivity index (χ0n) is 19.5. The molecule has 1 aliphatic rings. The first-order valence-corrected chi connectivity index (χ1v) is 11.5. The Balaban J connectivity index is 1.31. The van der Waals surface area contributed by atoms with E-state index < -0.39 is 10.9 Å². The van der Waals surface area contributed by atoms with Crippen molar-refractivity contribution in [3.63, 3.8) is 0 Å². The third-order valence-electron chi connectivity index (χ3n) is 6.01. The lowest BCUT2D eigenvalue weighted by Gasteiger charge is -2.26. The summed E-state index contributed by atoms with van der Waals surface area (Å²) < 4.78 is 5.46. The topological polar surface area (TPSA) is 134 Å². The lowest BCUT2D eigenvalue weighted by molar-refractivity contribution is 0.0916. The van der Waals surface area contributed by atoms with Crippen LogP contribution in [0.4, 0.5) is 34.5 Å². The number of hydrogen-bond acceptors (Lipinski definition) is 9. The van der Waals surface area contributed by atoms with E-state index in [-0.39, 0.29) is 29.3 Å². The zero-order chi connectivity index (χ0) is 25.1. The smallest absolute Gasteiger partial charge is 0.253 e. The Morgan fingerprint density at radius 3 is 2.39 bits per heavy atom. The number of para-hydroxylation sites is 1. The van der Waals surface area contributed by atoms with Gasteiger partial charge in [0, 0.05) is 23.5 Å². The summed E-state index contributed by atoms with van der Waals surface area (Å²) >= 11 is 0. The molecular formula is C26H24N6O4. The maximum absolute atomic E-state index is 12.5. The number of anilines is 6. The highest BCUT2D eigenvalue weighted by Crippen LogP contribution is 2.29. The molecule has 0 saturated heterocycles. The van der Waals surface area contributed by atoms with Crippen LogP contribution in [0.25, 0.3) is 0 Å². The molecule has 1 saturated carbocycles. The Kier molecular flexibility index (Phi) is 6.31. The molecule has 0 spiro atoms. The number of methoxy groups -OCH3 is 1. The molecule has 4 N–H and O–H groups in total. The number of aromatic nitrogens is 2. The minimum Gasteiger partial charge on any atom is -0.495 e. The quantitative estimate of drug-likeness (QED) is 0.263. The highest BCUT2D eigenvalue weighted by molar-refractivity contribution is 5.95. The van der Waals surface area contributed by atoms with Crippen molar-refractivity contribution in [3.05, 3.63) is 86.8 Å². The maximum Gasteiger partial charge on any atom is 0.253 e. The zero-order valence-corrected chi connectivity index (χ0v) is 19.5. The Labute approximate surface area is 206 Å². The minimum atomic E-state index is -0.626. The lowest BCUT2D eigenvalue weighted by Crippen LogP contribution is -2.39. The van der Waals surface area contributed by atoms with Gasteiger partial charge in [-0.25, -0.2) is 4.98 Å². The number of benzene rings is 2. The van der Waals surface area contributed by atoms with Gasteiger partial charge < -0.3 is 26.0 Å². The van der Waals surface area contributed by atoms with Crippen molar-refractivity contribution < 1.29 is 9.53 Å². The van der Waals surface area contributed by atoms with Crippen LogP contribution in [-0.4, -0.2) is 29.0 Å². The first-order valence-electron chi connectivity index (χ1n) is 11.5. The molecule has 1 fully saturated rings. The number of hydrogen-bond donors (Lipinski definition) is 4. The lowest BCUT2D eigenvalue weighted by atomic mass is 9.93. The van der Waals surface area contributed by atoms with Crippen molar-refractivity contribution in [3.8, 4) is 5.75 Å². The number of rotatable bonds is 9. The van der Waals surface area contributed by atoms with E-state index in [2.05, 4.69) is 31.2 Å². The largest absolute Gasteiger partial charge is 0.495 e. The first-order chi connectivity index (χ1) is 17.5. The summed E-state index contributed by atoms with van der Waals surface area (Å²) in [7, 11) is 1.51. The van der Waals surface area contributed by atoms with E-state index in [0.717, 1.165) is 19.3 Å². The number of nitrogens with one attached hydrogen (secondary N) is 4. The molecule has 10 nitrogen and oxygen atoms in total. The van der Waals surface area contributed by atoms with Gasteiger partial charge in [-0.05, 0) is 55.7 Å². The molecular weight excluding hydrogens is 460 g/mol. The van der Waals surface area contributed by atoms with E-state index in [1.165, 1.54) is 13.3 Å². The number of carbonyl (C=O) groups excluding carboxylic acids is 1. The highest BCUT2D eigenvalue weighted by atomic mass is 16.5. The van der Waals surface area contributed by atoms with Crippen LogP contribution in [0.5, 0.6) is 5.75 Å². The van der Waals surface area contributed by atoms with Crippen LogP contribution >= 0.6 is 0 Å². The average Bonchev–Trinajstić information content (AvgIpc) is 2.89. The number of ether oxygens (including phenoxy) is 1. The van der Waals surface area contributed by atoms with Crippen LogP contribution in [0.1, 0.15) is 29.6 Å². The maximum atomic E-state index is 12.5. The molecule has 1 amide bonds. The van der Waals surface area contributed by atoms with Gasteiger partial charge in [0.25, 0.3) is 16.8 Å². The van der Waals surface area contributed by atoms with Gasteiger partial charge in [0.05, 0.1) is 12.8 Å². The first kappa shape index (κ1) is 23.0. The van der Waals surface area contributed by atoms with Crippen LogP contribution in [0.15, 0.2) is 70.4 Å². The van der Waals surface area contributed by atoms with Gasteiger partial charge in [-0.3, -0.25) is 14.4 Å². The molecule has 4 aromatic rings. The fourth-order valence-electron chi connectivity index (χ4n) is 3.79. The van der Waals surface area contributed by atoms with Crippen molar-refractivity contribution in [1.29, 1.82) is 0 Å². The number of amides is 1. The second-order valence-electron chi connectivity index (χ2n) is 8.43. The van der Waals surface area contributed by atoms with Crippen molar-refractivity contribution in [1.82, 2.24) is 15.3 Å². The summed E-state index contributed by atoms with van der Waals surface area (Å²) in [6, 6.07) is 16.0. The molecule has 36 heavy (non-hydrogen) atoms. The van der Waals surface area contributed by atoms with E-state index in [1.807, 2.05) is 18.2 Å². The van der Waals surface area contributed by atoms with Crippen LogP contribution in [-0.2, 0) is 0 Å². The van der Waals surface area contributed by atoms with E-state index >= 15 is 0 Å². The normalized spacial score (nSPS) is 13.0. The van der Waals surface area contributed by atoms with Gasteiger partial charge in [-0.2, -0.15) is 4.98 Å². The third kappa shape index (κ3) is 4.74. The van der Waals surface area contributed by atoms with Crippen LogP contribution in [0.2, 0.25) is 0 Å². The molecule has 0 bridgehead atoms. The van der Waals surface area contributed by atoms with Crippen molar-refractivity contribution >= 4 is 40.4 Å². The summed E-state index contributed by atoms with van der Waals surface area (Å²) in [5, 5.41) is 12.0. The molecule has 3 aromatic carbocycles. The summed E-state index contributed by atoms with van der Waals surface area (Å²) in [6.45, 7) is 0. The Morgan fingerprint density at radius 1 is 0.944 bits per heavy atom. The molecule has 0 radical (unpaired) electrons. The van der Waals surface area contributed by atoms with Gasteiger partial charge in [0.15, 0.2) is 0 Å². The Bertz CT molecular complexity index is 1480. The van der Waals surface area contributed by atoms with Crippen molar-refractivity contribution in [2.24, 2.45) is 0 Å². The molecule has 0 aliphatic heterocycles. The minimum absolute atomic E-state index is 0.132. The summed E-state index contributed by atoms with van der Waals surface area (Å²) in [4.78, 5) is 45.4. The monoisotopic (exact) mass is 484 g/mol. The highest BCUT2D eigenvalue weighted by Gasteiger charge is 2.22. The molecule has 0 atom stereocenters. The number of nitrogens with zero attached hydrogens (tertiary/aromatic N) is 2.